The topological polar surface area (TPSA) is 55.4 Å². The lowest BCUT2D eigenvalue weighted by atomic mass is 10.0. The van der Waals surface area contributed by atoms with Crippen molar-refractivity contribution >= 4 is 18.3 Å². The molecule has 0 fully saturated rings. The van der Waals surface area contributed by atoms with Gasteiger partial charge in [-0.1, -0.05) is 49.8 Å². The molecular weight excluding hydrogens is 314 g/mol. The molecular formula is C21H29NO3. The van der Waals surface area contributed by atoms with Crippen LogP contribution in [0.1, 0.15) is 54.6 Å². The van der Waals surface area contributed by atoms with Crippen LogP contribution >= 0.6 is 0 Å². The third-order valence-electron chi connectivity index (χ3n) is 3.86. The van der Waals surface area contributed by atoms with Crippen molar-refractivity contribution in [1.82, 2.24) is 5.32 Å². The lowest BCUT2D eigenvalue weighted by molar-refractivity contribution is -0.109. The number of hydrogen-bond donors (Lipinski definition) is 1. The number of allylic oxidation sites excluding steroid dienone is 1. The molecule has 4 heteroatoms. The van der Waals surface area contributed by atoms with Gasteiger partial charge in [0.15, 0.2) is 0 Å². The van der Waals surface area contributed by atoms with Crippen LogP contribution in [0.3, 0.4) is 0 Å². The second-order valence-corrected chi connectivity index (χ2v) is 5.87. The van der Waals surface area contributed by atoms with Crippen LogP contribution in [0.2, 0.25) is 0 Å². The van der Waals surface area contributed by atoms with Crippen LogP contribution in [0.25, 0.3) is 6.08 Å². The summed E-state index contributed by atoms with van der Waals surface area (Å²) in [4.78, 5) is 23.7. The van der Waals surface area contributed by atoms with Crippen molar-refractivity contribution in [1.29, 1.82) is 0 Å². The molecule has 136 valence electrons. The molecule has 0 aliphatic carbocycles. The Morgan fingerprint density at radius 1 is 1.32 bits per heavy atom. The molecule has 1 unspecified atom stereocenters. The Morgan fingerprint density at radius 2 is 2.12 bits per heavy atom. The van der Waals surface area contributed by atoms with E-state index in [1.54, 1.807) is 6.07 Å². The van der Waals surface area contributed by atoms with Gasteiger partial charge in [0.1, 0.15) is 6.29 Å². The number of nitrogens with one attached hydrogen (secondary N) is 1. The first-order valence-corrected chi connectivity index (χ1v) is 8.85. The summed E-state index contributed by atoms with van der Waals surface area (Å²) in [6, 6.07) is 5.05. The van der Waals surface area contributed by atoms with E-state index in [1.165, 1.54) is 0 Å². The van der Waals surface area contributed by atoms with Crippen LogP contribution in [0, 0.1) is 6.92 Å². The number of ether oxygens (including phenoxy) is 1. The second kappa shape index (κ2) is 12.2. The molecule has 0 spiro atoms. The number of benzene rings is 1. The van der Waals surface area contributed by atoms with Crippen molar-refractivity contribution in [2.45, 2.75) is 46.1 Å². The molecule has 1 aromatic carbocycles. The summed E-state index contributed by atoms with van der Waals surface area (Å²) in [5, 5.41) is 2.78. The van der Waals surface area contributed by atoms with Gasteiger partial charge < -0.3 is 14.8 Å². The van der Waals surface area contributed by atoms with Crippen molar-refractivity contribution in [3.8, 4) is 0 Å². The fraction of sp³-hybridized carbons (Fsp3) is 0.429. The van der Waals surface area contributed by atoms with E-state index in [9.17, 15) is 9.59 Å². The smallest absolute Gasteiger partial charge is 0.252 e. The van der Waals surface area contributed by atoms with Crippen LogP contribution in [-0.2, 0) is 9.53 Å². The van der Waals surface area contributed by atoms with E-state index in [2.05, 4.69) is 12.2 Å². The highest BCUT2D eigenvalue weighted by molar-refractivity contribution is 5.97. The van der Waals surface area contributed by atoms with E-state index in [1.807, 2.05) is 50.3 Å². The summed E-state index contributed by atoms with van der Waals surface area (Å²) in [6.07, 6.45) is 11.0. The second-order valence-electron chi connectivity index (χ2n) is 5.87. The number of aldehydes is 1. The maximum atomic E-state index is 12.5. The lowest BCUT2D eigenvalue weighted by Gasteiger charge is -2.13. The van der Waals surface area contributed by atoms with Crippen molar-refractivity contribution < 1.29 is 14.3 Å². The third kappa shape index (κ3) is 7.48. The number of hydrogen-bond acceptors (Lipinski definition) is 3. The van der Waals surface area contributed by atoms with E-state index in [4.69, 9.17) is 4.74 Å². The van der Waals surface area contributed by atoms with Crippen LogP contribution in [-0.4, -0.2) is 31.4 Å². The van der Waals surface area contributed by atoms with Gasteiger partial charge in [0, 0.05) is 12.2 Å². The highest BCUT2D eigenvalue weighted by Gasteiger charge is 2.14. The molecule has 0 aliphatic rings. The fourth-order valence-electron chi connectivity index (χ4n) is 2.36. The van der Waals surface area contributed by atoms with Crippen LogP contribution in [0.5, 0.6) is 0 Å². The summed E-state index contributed by atoms with van der Waals surface area (Å²) >= 11 is 0. The highest BCUT2D eigenvalue weighted by Crippen LogP contribution is 2.15. The molecule has 1 atom stereocenters. The van der Waals surface area contributed by atoms with E-state index in [0.29, 0.717) is 18.6 Å². The minimum Gasteiger partial charge on any atom is -0.377 e. The van der Waals surface area contributed by atoms with Gasteiger partial charge in [-0.25, -0.2) is 0 Å². The Balaban J connectivity index is 2.57. The molecule has 1 N–H and O–H groups in total. The van der Waals surface area contributed by atoms with Crippen molar-refractivity contribution in [3.63, 3.8) is 0 Å². The van der Waals surface area contributed by atoms with Crippen molar-refractivity contribution in [2.75, 3.05) is 13.2 Å². The van der Waals surface area contributed by atoms with Gasteiger partial charge in [-0.15, -0.1) is 0 Å². The van der Waals surface area contributed by atoms with Gasteiger partial charge >= 0.3 is 0 Å². The van der Waals surface area contributed by atoms with Gasteiger partial charge in [0.25, 0.3) is 5.91 Å². The molecule has 1 amide bonds. The average molecular weight is 343 g/mol. The zero-order chi connectivity index (χ0) is 18.5. The standard InChI is InChI=1S/C21H29NO3/c1-4-6-14-25-15-8-7-12-19(16-23)22-21(24)20-13-9-11-18(10-5-2)17(20)3/h5,7-11,13,16,19H,4,6,12,14-15H2,1-3H3,(H,22,24)/b8-7-,10-5-. The summed E-state index contributed by atoms with van der Waals surface area (Å²) in [7, 11) is 0. The van der Waals surface area contributed by atoms with Gasteiger partial charge in [0.05, 0.1) is 12.6 Å². The van der Waals surface area contributed by atoms with Gasteiger partial charge in [-0.2, -0.15) is 0 Å². The molecule has 0 aliphatic heterocycles. The highest BCUT2D eigenvalue weighted by atomic mass is 16.5. The molecule has 0 radical (unpaired) electrons. The van der Waals surface area contributed by atoms with Gasteiger partial charge in [-0.05, 0) is 43.9 Å². The number of amides is 1. The fourth-order valence-corrected chi connectivity index (χ4v) is 2.36. The molecule has 0 saturated heterocycles. The summed E-state index contributed by atoms with van der Waals surface area (Å²) in [5.74, 6) is -0.228. The molecule has 4 nitrogen and oxygen atoms in total. The van der Waals surface area contributed by atoms with E-state index >= 15 is 0 Å². The van der Waals surface area contributed by atoms with Crippen molar-refractivity contribution in [2.24, 2.45) is 0 Å². The van der Waals surface area contributed by atoms with Crippen molar-refractivity contribution in [3.05, 3.63) is 53.1 Å². The zero-order valence-electron chi connectivity index (χ0n) is 15.5. The maximum Gasteiger partial charge on any atom is 0.252 e. The first-order valence-electron chi connectivity index (χ1n) is 8.85. The lowest BCUT2D eigenvalue weighted by Crippen LogP contribution is -2.36. The molecule has 0 bridgehead atoms. The maximum absolute atomic E-state index is 12.5. The molecule has 0 aromatic heterocycles. The summed E-state index contributed by atoms with van der Waals surface area (Å²) in [5.41, 5.74) is 2.50. The van der Waals surface area contributed by atoms with Crippen LogP contribution in [0.15, 0.2) is 36.4 Å². The van der Waals surface area contributed by atoms with Crippen LogP contribution < -0.4 is 5.32 Å². The summed E-state index contributed by atoms with van der Waals surface area (Å²) in [6.45, 7) is 7.24. The Morgan fingerprint density at radius 3 is 2.80 bits per heavy atom. The Kier molecular flexibility index (Phi) is 10.2. The molecule has 0 saturated carbocycles. The number of unbranched alkanes of at least 4 members (excludes halogenated alkanes) is 1. The third-order valence-corrected chi connectivity index (χ3v) is 3.86. The predicted octanol–water partition coefficient (Wildman–Crippen LogP) is 4.09. The molecule has 25 heavy (non-hydrogen) atoms. The monoisotopic (exact) mass is 343 g/mol. The summed E-state index contributed by atoms with van der Waals surface area (Å²) < 4.78 is 5.42. The number of carbonyl (C=O) groups excluding carboxylic acids is 2. The minimum atomic E-state index is -0.538. The molecule has 0 heterocycles. The van der Waals surface area contributed by atoms with E-state index in [0.717, 1.165) is 36.9 Å². The number of carbonyl (C=O) groups is 2. The Labute approximate surface area is 151 Å². The minimum absolute atomic E-state index is 0.228. The largest absolute Gasteiger partial charge is 0.377 e. The zero-order valence-corrected chi connectivity index (χ0v) is 15.5. The predicted molar refractivity (Wildman–Crippen MR) is 103 cm³/mol. The SMILES string of the molecule is C/C=C\c1cccc(C(=O)NC(C=O)C/C=C\COCCCC)c1C. The first-order chi connectivity index (χ1) is 12.1. The first kappa shape index (κ1) is 20.8. The quantitative estimate of drug-likeness (QED) is 0.374. The van der Waals surface area contributed by atoms with Crippen LogP contribution in [0.4, 0.5) is 0 Å². The molecule has 1 rings (SSSR count). The van der Waals surface area contributed by atoms with E-state index in [-0.39, 0.29) is 5.91 Å². The van der Waals surface area contributed by atoms with Gasteiger partial charge in [-0.3, -0.25) is 4.79 Å². The van der Waals surface area contributed by atoms with Gasteiger partial charge in [0.2, 0.25) is 0 Å². The normalized spacial score (nSPS) is 12.6. The number of rotatable bonds is 11. The average Bonchev–Trinajstić information content (AvgIpc) is 2.61. The van der Waals surface area contributed by atoms with E-state index < -0.39 is 6.04 Å². The molecule has 1 aromatic rings. The Bertz CT molecular complexity index is 605. The Hall–Kier alpha value is -2.20.